The lowest BCUT2D eigenvalue weighted by Crippen LogP contribution is -2.48. The van der Waals surface area contributed by atoms with Crippen molar-refractivity contribution in [2.45, 2.75) is 43.8 Å². The highest BCUT2D eigenvalue weighted by atomic mass is 35.5. The van der Waals surface area contributed by atoms with E-state index in [-0.39, 0.29) is 28.6 Å². The van der Waals surface area contributed by atoms with Crippen molar-refractivity contribution in [2.75, 3.05) is 18.9 Å². The van der Waals surface area contributed by atoms with Gasteiger partial charge in [-0.3, -0.25) is 24.5 Å². The molecule has 1 aliphatic heterocycles. The quantitative estimate of drug-likeness (QED) is 0.399. The Kier molecular flexibility index (Phi) is 7.70. The van der Waals surface area contributed by atoms with E-state index in [2.05, 4.69) is 21.3 Å². The number of halogens is 3. The lowest BCUT2D eigenvalue weighted by molar-refractivity contribution is -0.143. The van der Waals surface area contributed by atoms with Gasteiger partial charge in [0, 0.05) is 37.4 Å². The van der Waals surface area contributed by atoms with Crippen LogP contribution in [0.5, 0.6) is 0 Å². The average Bonchev–Trinajstić information content (AvgIpc) is 3.16. The summed E-state index contributed by atoms with van der Waals surface area (Å²) in [5.74, 6) is -6.50. The summed E-state index contributed by atoms with van der Waals surface area (Å²) >= 11 is 5.98. The first-order valence-electron chi connectivity index (χ1n) is 10.5. The summed E-state index contributed by atoms with van der Waals surface area (Å²) in [6, 6.07) is 2.57. The summed E-state index contributed by atoms with van der Waals surface area (Å²) in [5, 5.41) is 9.68. The highest BCUT2D eigenvalue weighted by Gasteiger charge is 2.47. The zero-order valence-electron chi connectivity index (χ0n) is 18.1. The van der Waals surface area contributed by atoms with Gasteiger partial charge in [-0.15, -0.1) is 0 Å². The molecule has 1 aromatic rings. The van der Waals surface area contributed by atoms with Crippen molar-refractivity contribution < 1.29 is 37.5 Å². The minimum Gasteiger partial charge on any atom is -0.446 e. The maximum absolute atomic E-state index is 13.0. The Bertz CT molecular complexity index is 1010. The Morgan fingerprint density at radius 1 is 1.26 bits per heavy atom. The van der Waals surface area contributed by atoms with Crippen LogP contribution in [0.25, 0.3) is 0 Å². The van der Waals surface area contributed by atoms with E-state index >= 15 is 0 Å². The standard InChI is InChI=1S/C21H23ClF2N4O6/c1-25-19(32)16(29)15(6-10-4-5-26-17(10)30)27-18(31)13-7-11(22)2-3-14(13)28-20(33)34-12-8-21(23,24)9-12/h2-3,7,10,12,15H,4-6,8-9H2,1H3,(H,25,32)(H,26,30)(H,27,31)(H,28,33)/t10-,15?/m0/s1. The number of hydrogen-bond acceptors (Lipinski definition) is 6. The summed E-state index contributed by atoms with van der Waals surface area (Å²) in [4.78, 5) is 61.5. The van der Waals surface area contributed by atoms with Crippen molar-refractivity contribution in [3.63, 3.8) is 0 Å². The number of Topliss-reactive ketones (excluding diaryl/α,β-unsaturated/α-hetero) is 1. The number of anilines is 1. The molecule has 4 N–H and O–H groups in total. The molecule has 4 amide bonds. The molecule has 2 atom stereocenters. The summed E-state index contributed by atoms with van der Waals surface area (Å²) in [6.45, 7) is 0.412. The molecule has 1 aliphatic carbocycles. The van der Waals surface area contributed by atoms with E-state index in [4.69, 9.17) is 16.3 Å². The third kappa shape index (κ3) is 6.19. The van der Waals surface area contributed by atoms with Gasteiger partial charge in [-0.05, 0) is 31.0 Å². The second-order valence-corrected chi connectivity index (χ2v) is 8.52. The second-order valence-electron chi connectivity index (χ2n) is 8.09. The number of carbonyl (C=O) groups is 5. The average molecular weight is 501 g/mol. The molecule has 13 heteroatoms. The SMILES string of the molecule is CNC(=O)C(=O)C(C[C@@H]1CCNC1=O)NC(=O)c1cc(Cl)ccc1NC(=O)OC1CC(F)(F)C1. The first-order chi connectivity index (χ1) is 16.0. The topological polar surface area (TPSA) is 143 Å². The molecule has 2 aliphatic rings. The van der Waals surface area contributed by atoms with Gasteiger partial charge in [-0.1, -0.05) is 11.6 Å². The molecule has 2 fully saturated rings. The first-order valence-corrected chi connectivity index (χ1v) is 10.9. The molecule has 3 rings (SSSR count). The Morgan fingerprint density at radius 2 is 1.97 bits per heavy atom. The molecule has 1 aromatic carbocycles. The van der Waals surface area contributed by atoms with Gasteiger partial charge in [0.15, 0.2) is 0 Å². The third-order valence-electron chi connectivity index (χ3n) is 5.55. The van der Waals surface area contributed by atoms with Crippen LogP contribution in [-0.2, 0) is 19.1 Å². The van der Waals surface area contributed by atoms with Crippen LogP contribution < -0.4 is 21.3 Å². The smallest absolute Gasteiger partial charge is 0.411 e. The molecule has 1 heterocycles. The third-order valence-corrected chi connectivity index (χ3v) is 5.78. The second kappa shape index (κ2) is 10.3. The van der Waals surface area contributed by atoms with Gasteiger partial charge in [0.05, 0.1) is 17.3 Å². The number of likely N-dealkylation sites (N-methyl/N-ethyl adjacent to an activating group) is 1. The summed E-state index contributed by atoms with van der Waals surface area (Å²) in [7, 11) is 1.25. The maximum atomic E-state index is 13.0. The van der Waals surface area contributed by atoms with Gasteiger partial charge >= 0.3 is 6.09 Å². The van der Waals surface area contributed by atoms with Crippen LogP contribution in [0.3, 0.4) is 0 Å². The maximum Gasteiger partial charge on any atom is 0.411 e. The number of ketones is 1. The molecule has 0 spiro atoms. The zero-order chi connectivity index (χ0) is 25.0. The van der Waals surface area contributed by atoms with Gasteiger partial charge in [-0.25, -0.2) is 13.6 Å². The van der Waals surface area contributed by atoms with Crippen LogP contribution in [0.1, 0.15) is 36.0 Å². The Labute approximate surface area is 198 Å². The molecule has 0 aromatic heterocycles. The highest BCUT2D eigenvalue weighted by Crippen LogP contribution is 2.39. The number of carbonyl (C=O) groups excluding carboxylic acids is 5. The van der Waals surface area contributed by atoms with Crippen LogP contribution in [0.2, 0.25) is 5.02 Å². The predicted octanol–water partition coefficient (Wildman–Crippen LogP) is 1.63. The number of alkyl halides is 2. The van der Waals surface area contributed by atoms with Gasteiger partial charge < -0.3 is 20.7 Å². The van der Waals surface area contributed by atoms with Crippen LogP contribution in [0, 0.1) is 5.92 Å². The number of rotatable bonds is 8. The van der Waals surface area contributed by atoms with Crippen molar-refractivity contribution in [2.24, 2.45) is 5.92 Å². The number of benzene rings is 1. The highest BCUT2D eigenvalue weighted by molar-refractivity contribution is 6.38. The summed E-state index contributed by atoms with van der Waals surface area (Å²) < 4.78 is 30.8. The molecule has 34 heavy (non-hydrogen) atoms. The van der Waals surface area contributed by atoms with E-state index in [0.717, 1.165) is 0 Å². The number of amides is 4. The number of hydrogen-bond donors (Lipinski definition) is 4. The Morgan fingerprint density at radius 3 is 2.56 bits per heavy atom. The van der Waals surface area contributed by atoms with Gasteiger partial charge in [0.1, 0.15) is 6.10 Å². The van der Waals surface area contributed by atoms with Crippen molar-refractivity contribution in [3.05, 3.63) is 28.8 Å². The van der Waals surface area contributed by atoms with Gasteiger partial charge in [-0.2, -0.15) is 0 Å². The van der Waals surface area contributed by atoms with Crippen LogP contribution in [0.4, 0.5) is 19.3 Å². The molecule has 0 radical (unpaired) electrons. The van der Waals surface area contributed by atoms with Crippen molar-refractivity contribution in [1.29, 1.82) is 0 Å². The fourth-order valence-electron chi connectivity index (χ4n) is 3.70. The molecule has 10 nitrogen and oxygen atoms in total. The Balaban J connectivity index is 1.74. The molecular weight excluding hydrogens is 478 g/mol. The molecule has 1 saturated carbocycles. The van der Waals surface area contributed by atoms with Gasteiger partial charge in [0.25, 0.3) is 17.7 Å². The predicted molar refractivity (Wildman–Crippen MR) is 116 cm³/mol. The lowest BCUT2D eigenvalue weighted by Gasteiger charge is -2.33. The van der Waals surface area contributed by atoms with Crippen molar-refractivity contribution in [3.8, 4) is 0 Å². The zero-order valence-corrected chi connectivity index (χ0v) is 18.8. The molecular formula is C21H23ClF2N4O6. The molecule has 0 bridgehead atoms. The van der Waals surface area contributed by atoms with Crippen LogP contribution in [0.15, 0.2) is 18.2 Å². The summed E-state index contributed by atoms with van der Waals surface area (Å²) in [5.41, 5.74) is -0.211. The van der Waals surface area contributed by atoms with Gasteiger partial charge in [0.2, 0.25) is 11.7 Å². The van der Waals surface area contributed by atoms with E-state index in [0.29, 0.717) is 13.0 Å². The number of nitrogens with one attached hydrogen (secondary N) is 4. The molecule has 184 valence electrons. The minimum atomic E-state index is -2.88. The molecule has 1 unspecified atom stereocenters. The number of ether oxygens (including phenoxy) is 1. The van der Waals surface area contributed by atoms with Crippen molar-refractivity contribution >= 4 is 46.9 Å². The lowest BCUT2D eigenvalue weighted by atomic mass is 9.91. The minimum absolute atomic E-state index is 0.0530. The fraction of sp³-hybridized carbons (Fsp3) is 0.476. The monoisotopic (exact) mass is 500 g/mol. The largest absolute Gasteiger partial charge is 0.446 e. The van der Waals surface area contributed by atoms with Crippen LogP contribution in [-0.4, -0.2) is 61.3 Å². The fourth-order valence-corrected chi connectivity index (χ4v) is 3.87. The molecule has 1 saturated heterocycles. The van der Waals surface area contributed by atoms with Crippen molar-refractivity contribution in [1.82, 2.24) is 16.0 Å². The normalized spacial score (nSPS) is 19.9. The van der Waals surface area contributed by atoms with E-state index in [1.807, 2.05) is 0 Å². The van der Waals surface area contributed by atoms with E-state index in [9.17, 15) is 32.8 Å². The van der Waals surface area contributed by atoms with E-state index in [1.54, 1.807) is 0 Å². The summed E-state index contributed by atoms with van der Waals surface area (Å²) in [6.07, 6.45) is -2.85. The van der Waals surface area contributed by atoms with Crippen LogP contribution >= 0.6 is 11.6 Å². The van der Waals surface area contributed by atoms with E-state index in [1.165, 1.54) is 25.2 Å². The first kappa shape index (κ1) is 25.3. The Hall–Kier alpha value is -3.28. The van der Waals surface area contributed by atoms with E-state index < -0.39 is 60.5 Å².